The monoisotopic (exact) mass is 348 g/mol. The Morgan fingerprint density at radius 2 is 2.00 bits per heavy atom. The SMILES string of the molecule is NNC=Nc1cccc(-c2nc(-c3cccc(C=CC(=O)O)c3)co2)c1. The summed E-state index contributed by atoms with van der Waals surface area (Å²) < 4.78 is 5.59. The molecule has 2 aromatic carbocycles. The molecular formula is C19H16N4O3. The number of carboxylic acid groups (broad SMARTS) is 1. The van der Waals surface area contributed by atoms with Crippen LogP contribution in [-0.4, -0.2) is 22.4 Å². The first kappa shape index (κ1) is 17.1. The van der Waals surface area contributed by atoms with Crippen molar-refractivity contribution in [2.24, 2.45) is 10.8 Å². The molecule has 0 saturated heterocycles. The van der Waals surface area contributed by atoms with Crippen LogP contribution in [0.4, 0.5) is 5.69 Å². The summed E-state index contributed by atoms with van der Waals surface area (Å²) >= 11 is 0. The molecular weight excluding hydrogens is 332 g/mol. The molecule has 4 N–H and O–H groups in total. The van der Waals surface area contributed by atoms with Gasteiger partial charge in [0, 0.05) is 17.2 Å². The average Bonchev–Trinajstić information content (AvgIpc) is 3.15. The number of aromatic nitrogens is 1. The molecule has 7 nitrogen and oxygen atoms in total. The first-order chi connectivity index (χ1) is 12.7. The molecule has 3 rings (SSSR count). The van der Waals surface area contributed by atoms with Gasteiger partial charge in [0.15, 0.2) is 0 Å². The lowest BCUT2D eigenvalue weighted by Crippen LogP contribution is -2.18. The Morgan fingerprint density at radius 1 is 1.19 bits per heavy atom. The third-order valence-corrected chi connectivity index (χ3v) is 3.49. The Bertz CT molecular complexity index is 976. The van der Waals surface area contributed by atoms with Crippen molar-refractivity contribution in [3.63, 3.8) is 0 Å². The maximum atomic E-state index is 10.6. The van der Waals surface area contributed by atoms with E-state index in [2.05, 4.69) is 15.4 Å². The predicted molar refractivity (Wildman–Crippen MR) is 99.5 cm³/mol. The molecule has 7 heteroatoms. The largest absolute Gasteiger partial charge is 0.478 e. The summed E-state index contributed by atoms with van der Waals surface area (Å²) in [7, 11) is 0. The molecule has 0 saturated carbocycles. The van der Waals surface area contributed by atoms with Gasteiger partial charge in [-0.15, -0.1) is 0 Å². The molecule has 0 atom stereocenters. The van der Waals surface area contributed by atoms with Crippen molar-refractivity contribution in [1.29, 1.82) is 0 Å². The molecule has 26 heavy (non-hydrogen) atoms. The highest BCUT2D eigenvalue weighted by Gasteiger charge is 2.09. The van der Waals surface area contributed by atoms with Crippen molar-refractivity contribution in [3.05, 3.63) is 66.4 Å². The second kappa shape index (κ2) is 7.91. The normalized spacial score (nSPS) is 11.3. The molecule has 130 valence electrons. The van der Waals surface area contributed by atoms with Crippen LogP contribution in [0.5, 0.6) is 0 Å². The summed E-state index contributed by atoms with van der Waals surface area (Å²) in [5.41, 5.74) is 6.09. The lowest BCUT2D eigenvalue weighted by atomic mass is 10.1. The second-order valence-corrected chi connectivity index (χ2v) is 5.31. The highest BCUT2D eigenvalue weighted by atomic mass is 16.4. The summed E-state index contributed by atoms with van der Waals surface area (Å²) in [6.45, 7) is 0. The van der Waals surface area contributed by atoms with E-state index >= 15 is 0 Å². The quantitative estimate of drug-likeness (QED) is 0.207. The van der Waals surface area contributed by atoms with E-state index in [0.29, 0.717) is 17.3 Å². The van der Waals surface area contributed by atoms with E-state index in [9.17, 15) is 4.79 Å². The molecule has 0 aliphatic rings. The van der Waals surface area contributed by atoms with Gasteiger partial charge in [0.2, 0.25) is 5.89 Å². The van der Waals surface area contributed by atoms with Crippen LogP contribution in [0.3, 0.4) is 0 Å². The number of aliphatic imine (C=N–C) groups is 1. The summed E-state index contributed by atoms with van der Waals surface area (Å²) in [6.07, 6.45) is 5.57. The molecule has 1 heterocycles. The summed E-state index contributed by atoms with van der Waals surface area (Å²) in [6, 6.07) is 14.8. The minimum Gasteiger partial charge on any atom is -0.478 e. The number of nitrogens with two attached hydrogens (primary N) is 1. The predicted octanol–water partition coefficient (Wildman–Crippen LogP) is 3.23. The molecule has 0 unspecified atom stereocenters. The van der Waals surface area contributed by atoms with E-state index in [1.165, 1.54) is 12.4 Å². The molecule has 3 aromatic rings. The van der Waals surface area contributed by atoms with Crippen LogP contribution in [0.1, 0.15) is 5.56 Å². The molecule has 0 spiro atoms. The van der Waals surface area contributed by atoms with Gasteiger partial charge in [-0.3, -0.25) is 0 Å². The number of carboxylic acids is 1. The Balaban J connectivity index is 1.87. The van der Waals surface area contributed by atoms with E-state index in [4.69, 9.17) is 15.4 Å². The first-order valence-corrected chi connectivity index (χ1v) is 7.72. The average molecular weight is 348 g/mol. The zero-order valence-electron chi connectivity index (χ0n) is 13.7. The number of nitrogens with zero attached hydrogens (tertiary/aromatic N) is 2. The van der Waals surface area contributed by atoms with Crippen LogP contribution in [0.25, 0.3) is 28.8 Å². The maximum absolute atomic E-state index is 10.6. The van der Waals surface area contributed by atoms with E-state index in [0.717, 1.165) is 22.8 Å². The topological polar surface area (TPSA) is 114 Å². The van der Waals surface area contributed by atoms with Gasteiger partial charge in [0.25, 0.3) is 0 Å². The fraction of sp³-hybridized carbons (Fsp3) is 0. The number of nitrogens with one attached hydrogen (secondary N) is 1. The summed E-state index contributed by atoms with van der Waals surface area (Å²) in [5, 5.41) is 8.73. The van der Waals surface area contributed by atoms with Crippen LogP contribution in [-0.2, 0) is 4.79 Å². The lowest BCUT2D eigenvalue weighted by molar-refractivity contribution is -0.131. The molecule has 1 aromatic heterocycles. The smallest absolute Gasteiger partial charge is 0.328 e. The Labute approximate surface area is 149 Å². The minimum atomic E-state index is -0.994. The third kappa shape index (κ3) is 4.22. The van der Waals surface area contributed by atoms with E-state index in [-0.39, 0.29) is 0 Å². The second-order valence-electron chi connectivity index (χ2n) is 5.31. The summed E-state index contributed by atoms with van der Waals surface area (Å²) in [5.74, 6) is 4.64. The van der Waals surface area contributed by atoms with E-state index < -0.39 is 5.97 Å². The van der Waals surface area contributed by atoms with Crippen molar-refractivity contribution in [3.8, 4) is 22.7 Å². The molecule has 0 aliphatic carbocycles. The number of carbonyl (C=O) groups is 1. The Morgan fingerprint density at radius 3 is 2.81 bits per heavy atom. The number of hydrogen-bond donors (Lipinski definition) is 3. The summed E-state index contributed by atoms with van der Waals surface area (Å²) in [4.78, 5) is 19.3. The Hall–Kier alpha value is -3.71. The lowest BCUT2D eigenvalue weighted by Gasteiger charge is -1.99. The Kier molecular flexibility index (Phi) is 5.21. The molecule has 0 bridgehead atoms. The standard InChI is InChI=1S/C19H16N4O3/c20-22-12-21-16-6-2-5-15(10-16)19-23-17(11-26-19)14-4-1-3-13(9-14)7-8-18(24)25/h1-12H,20H2,(H,21,22)(H,24,25). The maximum Gasteiger partial charge on any atom is 0.328 e. The molecule has 0 aliphatic heterocycles. The van der Waals surface area contributed by atoms with Gasteiger partial charge >= 0.3 is 5.97 Å². The number of aliphatic carboxylic acids is 1. The van der Waals surface area contributed by atoms with Crippen LogP contribution in [0.2, 0.25) is 0 Å². The van der Waals surface area contributed by atoms with Gasteiger partial charge in [0.05, 0.1) is 5.69 Å². The van der Waals surface area contributed by atoms with Gasteiger partial charge in [0.1, 0.15) is 18.3 Å². The van der Waals surface area contributed by atoms with Crippen molar-refractivity contribution in [2.75, 3.05) is 0 Å². The number of benzene rings is 2. The van der Waals surface area contributed by atoms with Gasteiger partial charge < -0.3 is 14.9 Å². The number of hydrazine groups is 1. The van der Waals surface area contributed by atoms with Gasteiger partial charge in [-0.1, -0.05) is 24.3 Å². The van der Waals surface area contributed by atoms with Crippen LogP contribution in [0, 0.1) is 0 Å². The fourth-order valence-corrected chi connectivity index (χ4v) is 2.34. The van der Waals surface area contributed by atoms with Crippen molar-refractivity contribution >= 4 is 24.1 Å². The zero-order valence-corrected chi connectivity index (χ0v) is 13.7. The van der Waals surface area contributed by atoms with Gasteiger partial charge in [-0.2, -0.15) is 0 Å². The first-order valence-electron chi connectivity index (χ1n) is 7.72. The molecule has 0 amide bonds. The highest BCUT2D eigenvalue weighted by Crippen LogP contribution is 2.27. The molecule has 0 fully saturated rings. The third-order valence-electron chi connectivity index (χ3n) is 3.49. The van der Waals surface area contributed by atoms with Crippen molar-refractivity contribution in [2.45, 2.75) is 0 Å². The van der Waals surface area contributed by atoms with E-state index in [1.54, 1.807) is 6.26 Å². The highest BCUT2D eigenvalue weighted by molar-refractivity contribution is 5.85. The zero-order chi connectivity index (χ0) is 18.4. The van der Waals surface area contributed by atoms with Gasteiger partial charge in [-0.05, 0) is 35.9 Å². The van der Waals surface area contributed by atoms with Gasteiger partial charge in [-0.25, -0.2) is 20.6 Å². The van der Waals surface area contributed by atoms with Crippen LogP contribution >= 0.6 is 0 Å². The van der Waals surface area contributed by atoms with E-state index in [1.807, 2.05) is 48.5 Å². The van der Waals surface area contributed by atoms with Crippen molar-refractivity contribution < 1.29 is 14.3 Å². The number of hydrogen-bond acceptors (Lipinski definition) is 5. The van der Waals surface area contributed by atoms with Crippen LogP contribution < -0.4 is 11.3 Å². The number of oxazole rings is 1. The number of rotatable bonds is 6. The molecule has 0 radical (unpaired) electrons. The fourth-order valence-electron chi connectivity index (χ4n) is 2.34. The minimum absolute atomic E-state index is 0.462. The van der Waals surface area contributed by atoms with Crippen molar-refractivity contribution in [1.82, 2.24) is 10.4 Å². The van der Waals surface area contributed by atoms with Crippen LogP contribution in [0.15, 0.2) is 70.3 Å².